The minimum absolute atomic E-state index is 0.179. The Morgan fingerprint density at radius 2 is 2.41 bits per heavy atom. The van der Waals surface area contributed by atoms with Crippen molar-refractivity contribution in [2.24, 2.45) is 12.0 Å². The summed E-state index contributed by atoms with van der Waals surface area (Å²) in [5, 5.41) is 6.99. The lowest BCUT2D eigenvalue weighted by Crippen LogP contribution is -2.36. The zero-order valence-electron chi connectivity index (χ0n) is 15.1. The van der Waals surface area contributed by atoms with Gasteiger partial charge in [0.1, 0.15) is 0 Å². The number of fused-ring (bicyclic) bond motifs is 1. The van der Waals surface area contributed by atoms with Crippen molar-refractivity contribution in [2.45, 2.75) is 24.3 Å². The summed E-state index contributed by atoms with van der Waals surface area (Å²) in [5.41, 5.74) is 1.63. The first kappa shape index (κ1) is 18.2. The maximum absolute atomic E-state index is 12.4. The van der Waals surface area contributed by atoms with Crippen molar-refractivity contribution in [3.8, 4) is 0 Å². The summed E-state index contributed by atoms with van der Waals surface area (Å²) in [7, 11) is 1.90. The second-order valence-corrected chi connectivity index (χ2v) is 8.01. The van der Waals surface area contributed by atoms with Crippen molar-refractivity contribution in [1.29, 1.82) is 0 Å². The number of hydrogen-bond acceptors (Lipinski definition) is 9. The Kier molecular flexibility index (Phi) is 5.28. The van der Waals surface area contributed by atoms with Crippen molar-refractivity contribution in [1.82, 2.24) is 24.4 Å². The van der Waals surface area contributed by atoms with Gasteiger partial charge in [-0.25, -0.2) is 9.78 Å². The molecule has 0 radical (unpaired) electrons. The molecular formula is C17H20N6O2S2. The molecule has 0 spiro atoms. The van der Waals surface area contributed by atoms with Crippen molar-refractivity contribution in [2.75, 3.05) is 19.7 Å². The van der Waals surface area contributed by atoms with E-state index in [1.165, 1.54) is 0 Å². The van der Waals surface area contributed by atoms with Crippen LogP contribution in [-0.2, 0) is 16.6 Å². The average Bonchev–Trinajstić information content (AvgIpc) is 3.39. The molecule has 1 saturated heterocycles. The lowest BCUT2D eigenvalue weighted by atomic mass is 10.1. The van der Waals surface area contributed by atoms with Crippen LogP contribution in [0.15, 0.2) is 45.1 Å². The van der Waals surface area contributed by atoms with Crippen molar-refractivity contribution < 1.29 is 9.53 Å². The minimum atomic E-state index is -0.278. The Balaban J connectivity index is 1.55. The topological polar surface area (TPSA) is 84.6 Å². The van der Waals surface area contributed by atoms with Gasteiger partial charge < -0.3 is 9.64 Å². The summed E-state index contributed by atoms with van der Waals surface area (Å²) in [4.78, 5) is 24.6. The number of aromatic nitrogens is 3. The Morgan fingerprint density at radius 3 is 3.11 bits per heavy atom. The van der Waals surface area contributed by atoms with E-state index < -0.39 is 0 Å². The van der Waals surface area contributed by atoms with Gasteiger partial charge in [-0.15, -0.1) is 11.3 Å². The van der Waals surface area contributed by atoms with Crippen LogP contribution in [0.5, 0.6) is 0 Å². The van der Waals surface area contributed by atoms with Gasteiger partial charge in [0.25, 0.3) is 0 Å². The molecule has 0 amide bonds. The third-order valence-corrected chi connectivity index (χ3v) is 6.00. The molecule has 4 heterocycles. The fraction of sp³-hybridized carbons (Fsp3) is 0.412. The fourth-order valence-electron chi connectivity index (χ4n) is 3.17. The number of hydrogen-bond donors (Lipinski definition) is 1. The molecule has 2 aromatic heterocycles. The Hall–Kier alpha value is -2.17. The molecular weight excluding hydrogens is 384 g/mol. The molecule has 0 bridgehead atoms. The third kappa shape index (κ3) is 3.78. The van der Waals surface area contributed by atoms with Crippen LogP contribution in [0.3, 0.4) is 0 Å². The fourth-order valence-corrected chi connectivity index (χ4v) is 4.59. The van der Waals surface area contributed by atoms with Gasteiger partial charge in [-0.05, 0) is 18.9 Å². The molecule has 142 valence electrons. The maximum atomic E-state index is 12.4. The molecule has 27 heavy (non-hydrogen) atoms. The van der Waals surface area contributed by atoms with E-state index in [1.807, 2.05) is 31.7 Å². The molecule has 1 unspecified atom stereocenters. The number of carbonyl (C=O) groups is 1. The van der Waals surface area contributed by atoms with E-state index >= 15 is 0 Å². The molecule has 2 aliphatic rings. The molecule has 1 atom stereocenters. The number of aliphatic imine (C=N–C) groups is 1. The number of carbonyl (C=O) groups excluding carboxylic acids is 1. The normalized spacial score (nSPS) is 19.3. The maximum Gasteiger partial charge on any atom is 0.337 e. The summed E-state index contributed by atoms with van der Waals surface area (Å²) in [6.45, 7) is 3.24. The Bertz CT molecular complexity index is 889. The number of ether oxygens (including phenoxy) is 1. The van der Waals surface area contributed by atoms with Crippen molar-refractivity contribution >= 4 is 35.1 Å². The van der Waals surface area contributed by atoms with Gasteiger partial charge in [-0.1, -0.05) is 0 Å². The third-order valence-electron chi connectivity index (χ3n) is 4.33. The van der Waals surface area contributed by atoms with Crippen LogP contribution in [0.25, 0.3) is 0 Å². The molecule has 8 nitrogen and oxygen atoms in total. The number of amidine groups is 1. The zero-order valence-corrected chi connectivity index (χ0v) is 16.7. The zero-order chi connectivity index (χ0) is 18.8. The first-order valence-electron chi connectivity index (χ1n) is 8.67. The van der Waals surface area contributed by atoms with Crippen LogP contribution >= 0.6 is 23.3 Å². The number of nitrogens with zero attached hydrogens (tertiary/aromatic N) is 5. The molecule has 1 N–H and O–H groups in total. The summed E-state index contributed by atoms with van der Waals surface area (Å²) in [6.07, 6.45) is 6.31. The van der Waals surface area contributed by atoms with Gasteiger partial charge in [0, 0.05) is 49.5 Å². The van der Waals surface area contributed by atoms with Crippen LogP contribution in [0.2, 0.25) is 0 Å². The summed E-state index contributed by atoms with van der Waals surface area (Å²) < 4.78 is 10.5. The van der Waals surface area contributed by atoms with Crippen LogP contribution in [-0.4, -0.2) is 57.2 Å². The van der Waals surface area contributed by atoms with E-state index in [1.54, 1.807) is 34.2 Å². The predicted octanol–water partition coefficient (Wildman–Crippen LogP) is 1.83. The Labute approximate surface area is 165 Å². The largest absolute Gasteiger partial charge is 0.463 e. The van der Waals surface area contributed by atoms with Crippen LogP contribution in [0, 0.1) is 0 Å². The molecule has 2 aliphatic heterocycles. The lowest BCUT2D eigenvalue weighted by Gasteiger charge is -2.26. The highest BCUT2D eigenvalue weighted by molar-refractivity contribution is 7.97. The minimum Gasteiger partial charge on any atom is -0.463 e. The Morgan fingerprint density at radius 1 is 1.52 bits per heavy atom. The SMILES string of the molecule is CCOC(=O)C1=C2CC(NSc3cnn(C)c3)CN2C(c2nccs2)=NC1. The molecule has 0 aliphatic carbocycles. The molecule has 1 fully saturated rings. The summed E-state index contributed by atoms with van der Waals surface area (Å²) in [5.74, 6) is 0.559. The van der Waals surface area contributed by atoms with Gasteiger partial charge >= 0.3 is 5.97 Å². The number of nitrogens with one attached hydrogen (secondary N) is 1. The number of rotatable bonds is 6. The van der Waals surface area contributed by atoms with E-state index in [4.69, 9.17) is 4.74 Å². The van der Waals surface area contributed by atoms with Gasteiger partial charge in [-0.3, -0.25) is 14.4 Å². The molecule has 0 saturated carbocycles. The van der Waals surface area contributed by atoms with Crippen LogP contribution in [0.4, 0.5) is 0 Å². The molecule has 4 rings (SSSR count). The highest BCUT2D eigenvalue weighted by Gasteiger charge is 2.37. The number of thiazole rings is 1. The average molecular weight is 405 g/mol. The quantitative estimate of drug-likeness (QED) is 0.581. The van der Waals surface area contributed by atoms with Crippen molar-refractivity contribution in [3.63, 3.8) is 0 Å². The van der Waals surface area contributed by atoms with Gasteiger partial charge in [0.2, 0.25) is 0 Å². The van der Waals surface area contributed by atoms with Gasteiger partial charge in [-0.2, -0.15) is 5.10 Å². The van der Waals surface area contributed by atoms with Crippen LogP contribution < -0.4 is 4.72 Å². The van der Waals surface area contributed by atoms with E-state index in [0.717, 1.165) is 34.4 Å². The van der Waals surface area contributed by atoms with E-state index in [0.29, 0.717) is 18.7 Å². The highest BCUT2D eigenvalue weighted by Crippen LogP contribution is 2.32. The van der Waals surface area contributed by atoms with E-state index in [2.05, 4.69) is 24.7 Å². The number of aryl methyl sites for hydroxylation is 1. The lowest BCUT2D eigenvalue weighted by molar-refractivity contribution is -0.138. The summed E-state index contributed by atoms with van der Waals surface area (Å²) in [6, 6.07) is 0.179. The van der Waals surface area contributed by atoms with Gasteiger partial charge in [0.05, 0.1) is 29.8 Å². The monoisotopic (exact) mass is 404 g/mol. The first-order valence-corrected chi connectivity index (χ1v) is 10.4. The predicted molar refractivity (Wildman–Crippen MR) is 104 cm³/mol. The van der Waals surface area contributed by atoms with Crippen LogP contribution in [0.1, 0.15) is 18.4 Å². The second kappa shape index (κ2) is 7.83. The molecule has 10 heteroatoms. The molecule has 2 aromatic rings. The van der Waals surface area contributed by atoms with Crippen molar-refractivity contribution in [3.05, 3.63) is 40.2 Å². The number of esters is 1. The summed E-state index contributed by atoms with van der Waals surface area (Å²) >= 11 is 3.10. The molecule has 0 aromatic carbocycles. The first-order chi connectivity index (χ1) is 13.2. The van der Waals surface area contributed by atoms with Gasteiger partial charge in [0.15, 0.2) is 10.8 Å². The second-order valence-electron chi connectivity index (χ2n) is 6.20. The van der Waals surface area contributed by atoms with E-state index in [-0.39, 0.29) is 12.0 Å². The standard InChI is InChI=1S/C17H20N6O2S2/c1-3-25-17(24)13-8-19-15(16-18-4-5-26-16)23-9-11(6-14(13)23)21-27-12-7-20-22(2)10-12/h4-5,7,10-11,21H,3,6,8-9H2,1-2H3. The smallest absolute Gasteiger partial charge is 0.337 e. The van der Waals surface area contributed by atoms with E-state index in [9.17, 15) is 4.79 Å². The highest BCUT2D eigenvalue weighted by atomic mass is 32.2.